The van der Waals surface area contributed by atoms with Crippen LogP contribution in [0.5, 0.6) is 11.5 Å². The number of hydrogen-bond acceptors (Lipinski definition) is 5. The van der Waals surface area contributed by atoms with E-state index in [0.29, 0.717) is 11.3 Å². The van der Waals surface area contributed by atoms with Gasteiger partial charge in [-0.2, -0.15) is 0 Å². The van der Waals surface area contributed by atoms with Gasteiger partial charge in [0, 0.05) is 13.1 Å². The monoisotopic (exact) mass is 486 g/mol. The Balaban J connectivity index is 1.82. The van der Waals surface area contributed by atoms with Crippen molar-refractivity contribution < 1.29 is 27.8 Å². The van der Waals surface area contributed by atoms with E-state index < -0.39 is 18.0 Å². The van der Waals surface area contributed by atoms with Gasteiger partial charge in [-0.15, -0.1) is 24.8 Å². The van der Waals surface area contributed by atoms with Gasteiger partial charge in [-0.1, -0.05) is 41.4 Å². The third-order valence-corrected chi connectivity index (χ3v) is 4.67. The third kappa shape index (κ3) is 5.71. The van der Waals surface area contributed by atoms with Gasteiger partial charge in [0.2, 0.25) is 5.82 Å². The van der Waals surface area contributed by atoms with Crippen molar-refractivity contribution in [3.8, 4) is 17.2 Å². The first-order valence-electron chi connectivity index (χ1n) is 8.92. The number of hydrogen-bond donors (Lipinski definition) is 1. The van der Waals surface area contributed by atoms with Gasteiger partial charge in [0.25, 0.3) is 5.91 Å². The van der Waals surface area contributed by atoms with Crippen LogP contribution in [0.15, 0.2) is 55.4 Å². The number of phenols is 1. The van der Waals surface area contributed by atoms with Crippen LogP contribution in [0.2, 0.25) is 10.0 Å². The van der Waals surface area contributed by atoms with Crippen molar-refractivity contribution in [1.29, 1.82) is 0 Å². The van der Waals surface area contributed by atoms with Crippen LogP contribution < -0.4 is 4.74 Å². The lowest BCUT2D eigenvalue weighted by atomic mass is 10.2. The Kier molecular flexibility index (Phi) is 6.95. The number of benzene rings is 2. The molecule has 0 atom stereocenters. The number of aromatic nitrogens is 3. The molecule has 0 radical (unpaired) electrons. The average molecular weight is 487 g/mol. The molecule has 0 aliphatic rings. The number of phenolic OH excluding ortho intramolecular Hbond substituents is 1. The molecule has 1 aromatic heterocycles. The molecule has 0 saturated carbocycles. The summed E-state index contributed by atoms with van der Waals surface area (Å²) >= 11 is 11.8. The highest BCUT2D eigenvalue weighted by Gasteiger charge is 2.31. The zero-order chi connectivity index (χ0) is 23.5. The molecule has 3 rings (SSSR count). The summed E-state index contributed by atoms with van der Waals surface area (Å²) < 4.78 is 42.6. The van der Waals surface area contributed by atoms with Gasteiger partial charge in [0.05, 0.1) is 15.7 Å². The molecule has 0 fully saturated rings. The molecule has 0 aliphatic heterocycles. The molecule has 1 amide bonds. The van der Waals surface area contributed by atoms with Crippen LogP contribution >= 0.6 is 23.2 Å². The molecule has 2 aromatic carbocycles. The minimum absolute atomic E-state index is 0.00915. The van der Waals surface area contributed by atoms with E-state index in [9.17, 15) is 23.1 Å². The molecule has 32 heavy (non-hydrogen) atoms. The molecule has 0 spiro atoms. The maximum atomic E-state index is 12.9. The average Bonchev–Trinajstić information content (AvgIpc) is 3.20. The molecule has 0 aliphatic carbocycles. The summed E-state index contributed by atoms with van der Waals surface area (Å²) in [7, 11) is 0. The van der Waals surface area contributed by atoms with Crippen LogP contribution in [0.1, 0.15) is 16.2 Å². The second-order valence-electron chi connectivity index (χ2n) is 6.44. The molecular formula is C20H15Cl2F3N4O3. The first-order chi connectivity index (χ1) is 15.1. The van der Waals surface area contributed by atoms with Crippen LogP contribution in [0.25, 0.3) is 5.69 Å². The van der Waals surface area contributed by atoms with Gasteiger partial charge < -0.3 is 14.7 Å². The van der Waals surface area contributed by atoms with Crippen LogP contribution in [0, 0.1) is 0 Å². The predicted molar refractivity (Wildman–Crippen MR) is 111 cm³/mol. The summed E-state index contributed by atoms with van der Waals surface area (Å²) in [5.41, 5.74) is 0.759. The van der Waals surface area contributed by atoms with E-state index in [4.69, 9.17) is 23.2 Å². The lowest BCUT2D eigenvalue weighted by molar-refractivity contribution is -0.274. The highest BCUT2D eigenvalue weighted by atomic mass is 35.5. The first kappa shape index (κ1) is 23.4. The number of alkyl halides is 3. The van der Waals surface area contributed by atoms with Crippen LogP contribution in [0.4, 0.5) is 13.2 Å². The number of nitrogens with zero attached hydrogens (tertiary/aromatic N) is 4. The standard InChI is InChI=1S/C20H15Cl2F3N4O3/c1-2-6-28(10-12-4-3-5-14(7-12)32-20(23,24)25)19(31)18-26-11-29(27-18)13-8-15(21)17(30)16(22)9-13/h2-5,7-9,11,30H,1,6,10H2. The van der Waals surface area contributed by atoms with E-state index in [2.05, 4.69) is 21.4 Å². The molecular weight excluding hydrogens is 472 g/mol. The van der Waals surface area contributed by atoms with Gasteiger partial charge in [-0.25, -0.2) is 9.67 Å². The lowest BCUT2D eigenvalue weighted by Gasteiger charge is -2.20. The molecule has 168 valence electrons. The zero-order valence-electron chi connectivity index (χ0n) is 16.2. The minimum atomic E-state index is -4.83. The van der Waals surface area contributed by atoms with Crippen molar-refractivity contribution in [3.05, 3.63) is 76.8 Å². The predicted octanol–water partition coefficient (Wildman–Crippen LogP) is 5.01. The summed E-state index contributed by atoms with van der Waals surface area (Å²) in [6.45, 7) is 3.65. The van der Waals surface area contributed by atoms with E-state index in [1.54, 1.807) is 6.07 Å². The number of aromatic hydroxyl groups is 1. The van der Waals surface area contributed by atoms with Crippen LogP contribution in [-0.2, 0) is 6.54 Å². The number of carbonyl (C=O) groups excluding carboxylic acids is 1. The third-order valence-electron chi connectivity index (χ3n) is 4.09. The van der Waals surface area contributed by atoms with E-state index in [1.807, 2.05) is 0 Å². The molecule has 1 N–H and O–H groups in total. The van der Waals surface area contributed by atoms with Gasteiger partial charge >= 0.3 is 6.36 Å². The van der Waals surface area contributed by atoms with E-state index in [-0.39, 0.29) is 34.7 Å². The highest BCUT2D eigenvalue weighted by Crippen LogP contribution is 2.33. The Hall–Kier alpha value is -3.24. The quantitative estimate of drug-likeness (QED) is 0.475. The molecule has 3 aromatic rings. The fourth-order valence-corrected chi connectivity index (χ4v) is 3.22. The summed E-state index contributed by atoms with van der Waals surface area (Å²) in [4.78, 5) is 18.2. The second-order valence-corrected chi connectivity index (χ2v) is 7.25. The Labute approximate surface area is 190 Å². The Morgan fingerprint density at radius 3 is 2.56 bits per heavy atom. The maximum Gasteiger partial charge on any atom is 0.573 e. The van der Waals surface area contributed by atoms with Crippen molar-refractivity contribution in [1.82, 2.24) is 19.7 Å². The van der Waals surface area contributed by atoms with Gasteiger partial charge in [0.15, 0.2) is 5.75 Å². The zero-order valence-corrected chi connectivity index (χ0v) is 17.7. The Morgan fingerprint density at radius 1 is 1.25 bits per heavy atom. The number of carbonyl (C=O) groups is 1. The summed E-state index contributed by atoms with van der Waals surface area (Å²) in [5, 5.41) is 13.8. The SMILES string of the molecule is C=CCN(Cc1cccc(OC(F)(F)F)c1)C(=O)c1ncn(-c2cc(Cl)c(O)c(Cl)c2)n1. The van der Waals surface area contributed by atoms with Crippen molar-refractivity contribution in [2.45, 2.75) is 12.9 Å². The van der Waals surface area contributed by atoms with Gasteiger partial charge in [0.1, 0.15) is 12.1 Å². The van der Waals surface area contributed by atoms with Crippen molar-refractivity contribution >= 4 is 29.1 Å². The van der Waals surface area contributed by atoms with Crippen LogP contribution in [-0.4, -0.2) is 43.6 Å². The van der Waals surface area contributed by atoms with E-state index in [1.165, 1.54) is 46.3 Å². The van der Waals surface area contributed by atoms with Crippen molar-refractivity contribution in [2.75, 3.05) is 6.54 Å². The number of amides is 1. The minimum Gasteiger partial charge on any atom is -0.505 e. The smallest absolute Gasteiger partial charge is 0.505 e. The summed E-state index contributed by atoms with van der Waals surface area (Å²) in [6, 6.07) is 8.06. The molecule has 1 heterocycles. The molecule has 0 unspecified atom stereocenters. The summed E-state index contributed by atoms with van der Waals surface area (Å²) in [6.07, 6.45) is -2.10. The number of halogens is 5. The van der Waals surface area contributed by atoms with Gasteiger partial charge in [-0.05, 0) is 29.8 Å². The lowest BCUT2D eigenvalue weighted by Crippen LogP contribution is -2.31. The fourth-order valence-electron chi connectivity index (χ4n) is 2.75. The van der Waals surface area contributed by atoms with Crippen molar-refractivity contribution in [3.63, 3.8) is 0 Å². The van der Waals surface area contributed by atoms with Crippen molar-refractivity contribution in [2.24, 2.45) is 0 Å². The summed E-state index contributed by atoms with van der Waals surface area (Å²) in [5.74, 6) is -1.44. The molecule has 0 bridgehead atoms. The molecule has 0 saturated heterocycles. The molecule has 7 nitrogen and oxygen atoms in total. The topological polar surface area (TPSA) is 80.5 Å². The van der Waals surface area contributed by atoms with Gasteiger partial charge in [-0.3, -0.25) is 4.79 Å². The highest BCUT2D eigenvalue weighted by molar-refractivity contribution is 6.37. The van der Waals surface area contributed by atoms with E-state index in [0.717, 1.165) is 6.07 Å². The Morgan fingerprint density at radius 2 is 1.94 bits per heavy atom. The number of rotatable bonds is 7. The largest absolute Gasteiger partial charge is 0.573 e. The normalized spacial score (nSPS) is 11.3. The second kappa shape index (κ2) is 9.49. The molecule has 12 heteroatoms. The fraction of sp³-hybridized carbons (Fsp3) is 0.150. The van der Waals surface area contributed by atoms with Crippen LogP contribution in [0.3, 0.4) is 0 Å². The maximum absolute atomic E-state index is 12.9. The Bertz CT molecular complexity index is 1130. The first-order valence-corrected chi connectivity index (χ1v) is 9.68. The number of ether oxygens (including phenoxy) is 1. The van der Waals surface area contributed by atoms with E-state index >= 15 is 0 Å².